The van der Waals surface area contributed by atoms with Crippen LogP contribution in [0.5, 0.6) is 0 Å². The van der Waals surface area contributed by atoms with Gasteiger partial charge in [0, 0.05) is 29.9 Å². The summed E-state index contributed by atoms with van der Waals surface area (Å²) in [5.41, 5.74) is 3.88. The van der Waals surface area contributed by atoms with Gasteiger partial charge in [-0.05, 0) is 58.1 Å². The van der Waals surface area contributed by atoms with Crippen LogP contribution >= 0.6 is 0 Å². The molecule has 4 aromatic rings. The maximum atomic E-state index is 14.9. The van der Waals surface area contributed by atoms with Gasteiger partial charge in [0.05, 0.1) is 35.8 Å². The summed E-state index contributed by atoms with van der Waals surface area (Å²) < 4.78 is 37.0. The van der Waals surface area contributed by atoms with Gasteiger partial charge in [-0.2, -0.15) is 10.1 Å². The average molecular weight is 504 g/mol. The minimum atomic E-state index is -0.708. The second-order valence-corrected chi connectivity index (χ2v) is 10.8. The molecule has 0 spiro atoms. The Labute approximate surface area is 212 Å². The van der Waals surface area contributed by atoms with E-state index in [2.05, 4.69) is 25.9 Å². The first-order valence-electron chi connectivity index (χ1n) is 12.7. The maximum absolute atomic E-state index is 14.9. The van der Waals surface area contributed by atoms with E-state index >= 15 is 0 Å². The molecule has 37 heavy (non-hydrogen) atoms. The molecular weight excluding hydrogens is 476 g/mol. The van der Waals surface area contributed by atoms with E-state index in [0.29, 0.717) is 41.6 Å². The number of morpholine rings is 1. The summed E-state index contributed by atoms with van der Waals surface area (Å²) in [6, 6.07) is 3.46. The molecule has 8 rings (SSSR count). The van der Waals surface area contributed by atoms with Crippen molar-refractivity contribution in [2.24, 2.45) is 5.92 Å². The molecule has 3 aliphatic carbocycles. The second kappa shape index (κ2) is 7.98. The standard InChI is InChI=1S/C27H27F2N7O/c1-14-11-35(13-22(37-14)18-10-30-36(12-18)27-7-17(8-27)9-27)26-33-23(20-5-4-19(28)6-21(20)29)24-25(34-26)32-16(3)15(2)31-24/h4-6,10,12,14,17,22H,7-9,11,13H2,1-3H3/t14-,17?,22-,27?/m0/s1. The van der Waals surface area contributed by atoms with Gasteiger partial charge < -0.3 is 9.64 Å². The Kier molecular flexibility index (Phi) is 4.89. The highest BCUT2D eigenvalue weighted by molar-refractivity contribution is 5.88. The van der Waals surface area contributed by atoms with Crippen molar-refractivity contribution in [2.75, 3.05) is 18.0 Å². The molecule has 8 nitrogen and oxygen atoms in total. The molecular formula is C27H27F2N7O. The fourth-order valence-electron chi connectivity index (χ4n) is 5.89. The quantitative estimate of drug-likeness (QED) is 0.401. The average Bonchev–Trinajstić information content (AvgIpc) is 3.27. The number of ether oxygens (including phenoxy) is 1. The molecule has 0 amide bonds. The fraction of sp³-hybridized carbons (Fsp3) is 0.444. The highest BCUT2D eigenvalue weighted by atomic mass is 19.1. The lowest BCUT2D eigenvalue weighted by atomic mass is 9.50. The Hall–Kier alpha value is -3.53. The lowest BCUT2D eigenvalue weighted by Gasteiger charge is -2.61. The van der Waals surface area contributed by atoms with Crippen LogP contribution in [0.15, 0.2) is 30.6 Å². The van der Waals surface area contributed by atoms with Crippen molar-refractivity contribution < 1.29 is 13.5 Å². The summed E-state index contributed by atoms with van der Waals surface area (Å²) in [7, 11) is 0. The lowest BCUT2D eigenvalue weighted by Crippen LogP contribution is -2.59. The zero-order chi connectivity index (χ0) is 25.5. The van der Waals surface area contributed by atoms with Crippen molar-refractivity contribution in [3.05, 3.63) is 59.2 Å². The van der Waals surface area contributed by atoms with Gasteiger partial charge >= 0.3 is 0 Å². The number of rotatable bonds is 4. The molecule has 4 fully saturated rings. The number of nitrogens with zero attached hydrogens (tertiary/aromatic N) is 7. The van der Waals surface area contributed by atoms with Gasteiger partial charge in [0.1, 0.15) is 28.9 Å². The Balaban J connectivity index is 1.28. The van der Waals surface area contributed by atoms with Gasteiger partial charge in [-0.15, -0.1) is 0 Å². The molecule has 2 bridgehead atoms. The molecule has 0 N–H and O–H groups in total. The summed E-state index contributed by atoms with van der Waals surface area (Å²) in [6.45, 7) is 6.78. The molecule has 0 radical (unpaired) electrons. The summed E-state index contributed by atoms with van der Waals surface area (Å²) in [5.74, 6) is -0.0760. The number of hydrogen-bond donors (Lipinski definition) is 0. The molecule has 190 valence electrons. The van der Waals surface area contributed by atoms with Crippen LogP contribution in [0.3, 0.4) is 0 Å². The van der Waals surface area contributed by atoms with Gasteiger partial charge in [-0.1, -0.05) is 0 Å². The van der Waals surface area contributed by atoms with Crippen molar-refractivity contribution in [2.45, 2.75) is 57.8 Å². The minimum Gasteiger partial charge on any atom is -0.367 e. The first-order valence-corrected chi connectivity index (χ1v) is 12.7. The Morgan fingerprint density at radius 3 is 2.51 bits per heavy atom. The highest BCUT2D eigenvalue weighted by Crippen LogP contribution is 2.62. The summed E-state index contributed by atoms with van der Waals surface area (Å²) in [4.78, 5) is 20.8. The zero-order valence-electron chi connectivity index (χ0n) is 20.9. The molecule has 0 unspecified atom stereocenters. The molecule has 2 atom stereocenters. The van der Waals surface area contributed by atoms with Crippen LogP contribution in [0.1, 0.15) is 49.2 Å². The monoisotopic (exact) mass is 503 g/mol. The van der Waals surface area contributed by atoms with Crippen molar-refractivity contribution in [3.63, 3.8) is 0 Å². The molecule has 3 aromatic heterocycles. The predicted molar refractivity (Wildman–Crippen MR) is 133 cm³/mol. The fourth-order valence-corrected chi connectivity index (χ4v) is 5.89. The second-order valence-electron chi connectivity index (χ2n) is 10.8. The van der Waals surface area contributed by atoms with Gasteiger partial charge in [0.25, 0.3) is 0 Å². The van der Waals surface area contributed by atoms with Crippen molar-refractivity contribution in [3.8, 4) is 11.3 Å². The molecule has 1 saturated heterocycles. The number of anilines is 1. The van der Waals surface area contributed by atoms with Crippen molar-refractivity contribution >= 4 is 17.1 Å². The molecule has 4 aliphatic rings. The van der Waals surface area contributed by atoms with E-state index in [1.165, 1.54) is 31.4 Å². The van der Waals surface area contributed by atoms with Gasteiger partial charge in [0.2, 0.25) is 5.95 Å². The van der Waals surface area contributed by atoms with Crippen LogP contribution < -0.4 is 4.90 Å². The SMILES string of the molecule is Cc1nc2nc(N3C[C@@H](c4cnn(C56CC(C5)C6)c4)O[C@@H](C)C3)nc(-c3ccc(F)cc3F)c2nc1C. The van der Waals surface area contributed by atoms with Crippen molar-refractivity contribution in [1.29, 1.82) is 0 Å². The van der Waals surface area contributed by atoms with E-state index in [4.69, 9.17) is 14.7 Å². The minimum absolute atomic E-state index is 0.0896. The van der Waals surface area contributed by atoms with Crippen LogP contribution in [-0.2, 0) is 10.3 Å². The van der Waals surface area contributed by atoms with Crippen LogP contribution in [0.2, 0.25) is 0 Å². The zero-order valence-corrected chi connectivity index (χ0v) is 20.9. The number of fused-ring (bicyclic) bond motifs is 1. The summed E-state index contributed by atoms with van der Waals surface area (Å²) >= 11 is 0. The number of aromatic nitrogens is 6. The maximum Gasteiger partial charge on any atom is 0.228 e. The molecule has 3 saturated carbocycles. The number of hydrogen-bond acceptors (Lipinski definition) is 7. The third-order valence-electron chi connectivity index (χ3n) is 8.13. The predicted octanol–water partition coefficient (Wildman–Crippen LogP) is 4.65. The van der Waals surface area contributed by atoms with Crippen LogP contribution in [-0.4, -0.2) is 48.9 Å². The van der Waals surface area contributed by atoms with E-state index in [1.807, 2.05) is 31.9 Å². The number of aryl methyl sites for hydroxylation is 2. The topological polar surface area (TPSA) is 81.9 Å². The number of halogens is 2. The van der Waals surface area contributed by atoms with E-state index in [9.17, 15) is 8.78 Å². The van der Waals surface area contributed by atoms with E-state index in [0.717, 1.165) is 23.2 Å². The normalized spacial score (nSPS) is 26.7. The third kappa shape index (κ3) is 3.60. The third-order valence-corrected chi connectivity index (χ3v) is 8.13. The Morgan fingerprint density at radius 1 is 1.00 bits per heavy atom. The lowest BCUT2D eigenvalue weighted by molar-refractivity contribution is -0.0980. The molecule has 4 heterocycles. The summed E-state index contributed by atoms with van der Waals surface area (Å²) in [5, 5.41) is 4.67. The molecule has 1 aliphatic heterocycles. The largest absolute Gasteiger partial charge is 0.367 e. The Morgan fingerprint density at radius 2 is 1.78 bits per heavy atom. The molecule has 1 aromatic carbocycles. The Bertz CT molecular complexity index is 1540. The smallest absolute Gasteiger partial charge is 0.228 e. The van der Waals surface area contributed by atoms with Crippen LogP contribution in [0, 0.1) is 31.4 Å². The van der Waals surface area contributed by atoms with E-state index < -0.39 is 11.6 Å². The van der Waals surface area contributed by atoms with E-state index in [1.54, 1.807) is 0 Å². The number of benzene rings is 1. The van der Waals surface area contributed by atoms with E-state index in [-0.39, 0.29) is 23.3 Å². The van der Waals surface area contributed by atoms with Crippen LogP contribution in [0.25, 0.3) is 22.4 Å². The van der Waals surface area contributed by atoms with Gasteiger partial charge in [-0.3, -0.25) is 4.68 Å². The van der Waals surface area contributed by atoms with Crippen molar-refractivity contribution in [1.82, 2.24) is 29.7 Å². The first kappa shape index (κ1) is 22.7. The first-order chi connectivity index (χ1) is 17.8. The molecule has 10 heteroatoms. The van der Waals surface area contributed by atoms with Gasteiger partial charge in [0.15, 0.2) is 5.65 Å². The van der Waals surface area contributed by atoms with Gasteiger partial charge in [-0.25, -0.2) is 23.7 Å². The van der Waals surface area contributed by atoms with Crippen LogP contribution in [0.4, 0.5) is 14.7 Å². The highest BCUT2D eigenvalue weighted by Gasteiger charge is 2.58. The summed E-state index contributed by atoms with van der Waals surface area (Å²) in [6.07, 6.45) is 7.38.